The van der Waals surface area contributed by atoms with E-state index >= 15 is 0 Å². The van der Waals surface area contributed by atoms with Crippen molar-refractivity contribution in [1.29, 1.82) is 0 Å². The first kappa shape index (κ1) is 17.7. The first-order chi connectivity index (χ1) is 13.7. The van der Waals surface area contributed by atoms with Crippen LogP contribution in [0.2, 0.25) is 0 Å². The number of ether oxygens (including phenoxy) is 1. The second kappa shape index (κ2) is 7.92. The van der Waals surface area contributed by atoms with Gasteiger partial charge >= 0.3 is 6.01 Å². The Morgan fingerprint density at radius 1 is 0.929 bits per heavy atom. The van der Waals surface area contributed by atoms with Gasteiger partial charge in [0.1, 0.15) is 12.4 Å². The third kappa shape index (κ3) is 3.71. The molecule has 4 rings (SSSR count). The molecule has 0 amide bonds. The Bertz CT molecular complexity index is 1140. The summed E-state index contributed by atoms with van der Waals surface area (Å²) in [5.41, 5.74) is 2.36. The van der Waals surface area contributed by atoms with Gasteiger partial charge in [0.25, 0.3) is 5.56 Å². The molecule has 6 heteroatoms. The first-order valence-electron chi connectivity index (χ1n) is 9.15. The lowest BCUT2D eigenvalue weighted by Gasteiger charge is -2.14. The summed E-state index contributed by atoms with van der Waals surface area (Å²) in [6.07, 6.45) is 0. The van der Waals surface area contributed by atoms with Gasteiger partial charge in [0.2, 0.25) is 0 Å². The zero-order valence-corrected chi connectivity index (χ0v) is 15.5. The summed E-state index contributed by atoms with van der Waals surface area (Å²) < 4.78 is 7.45. The average Bonchev–Trinajstić information content (AvgIpc) is 2.73. The number of aryl methyl sites for hydroxylation is 1. The minimum absolute atomic E-state index is 0.103. The molecule has 28 heavy (non-hydrogen) atoms. The standard InChI is InChI=1S/C22H20N4O2/c1-2-26-19(27)14-13-18-20(23-17-11-7-4-8-12-17)24-22(25-21(18)26)28-15-16-9-5-3-6-10-16/h3-14H,2,15H2,1H3,(H,23,24,25). The first-order valence-corrected chi connectivity index (χ1v) is 9.15. The van der Waals surface area contributed by atoms with Gasteiger partial charge in [-0.05, 0) is 30.7 Å². The van der Waals surface area contributed by atoms with Gasteiger partial charge < -0.3 is 10.1 Å². The van der Waals surface area contributed by atoms with Crippen LogP contribution in [-0.4, -0.2) is 14.5 Å². The number of fused-ring (bicyclic) bond motifs is 1. The Balaban J connectivity index is 1.77. The molecule has 0 saturated carbocycles. The molecule has 0 aliphatic rings. The van der Waals surface area contributed by atoms with Crippen molar-refractivity contribution in [1.82, 2.24) is 14.5 Å². The number of hydrogen-bond acceptors (Lipinski definition) is 5. The molecule has 6 nitrogen and oxygen atoms in total. The summed E-state index contributed by atoms with van der Waals surface area (Å²) in [7, 11) is 0. The molecule has 0 unspecified atom stereocenters. The fraction of sp³-hybridized carbons (Fsp3) is 0.136. The number of anilines is 2. The maximum absolute atomic E-state index is 12.3. The Labute approximate surface area is 162 Å². The van der Waals surface area contributed by atoms with E-state index in [0.29, 0.717) is 24.6 Å². The highest BCUT2D eigenvalue weighted by atomic mass is 16.5. The highest BCUT2D eigenvalue weighted by Gasteiger charge is 2.13. The monoisotopic (exact) mass is 372 g/mol. The molecule has 1 N–H and O–H groups in total. The number of pyridine rings is 1. The van der Waals surface area contributed by atoms with Crippen LogP contribution in [0.5, 0.6) is 6.01 Å². The topological polar surface area (TPSA) is 69.0 Å². The number of para-hydroxylation sites is 1. The zero-order valence-electron chi connectivity index (χ0n) is 15.5. The summed E-state index contributed by atoms with van der Waals surface area (Å²) >= 11 is 0. The lowest BCUT2D eigenvalue weighted by atomic mass is 10.2. The quantitative estimate of drug-likeness (QED) is 0.551. The van der Waals surface area contributed by atoms with Crippen molar-refractivity contribution >= 4 is 22.5 Å². The minimum atomic E-state index is -0.103. The van der Waals surface area contributed by atoms with Gasteiger partial charge in [0, 0.05) is 18.3 Å². The molecule has 0 aliphatic heterocycles. The Kier molecular flexibility index (Phi) is 5.01. The highest BCUT2D eigenvalue weighted by molar-refractivity contribution is 5.89. The molecule has 2 aromatic heterocycles. The third-order valence-electron chi connectivity index (χ3n) is 4.38. The van der Waals surface area contributed by atoms with Crippen molar-refractivity contribution in [3.05, 3.63) is 88.7 Å². The SMILES string of the molecule is CCn1c(=O)ccc2c(Nc3ccccc3)nc(OCc3ccccc3)nc21. The third-order valence-corrected chi connectivity index (χ3v) is 4.38. The van der Waals surface area contributed by atoms with Gasteiger partial charge in [-0.15, -0.1) is 0 Å². The van der Waals surface area contributed by atoms with E-state index in [0.717, 1.165) is 16.6 Å². The number of rotatable bonds is 6. The van der Waals surface area contributed by atoms with E-state index in [-0.39, 0.29) is 11.6 Å². The molecule has 2 aromatic carbocycles. The smallest absolute Gasteiger partial charge is 0.320 e. The van der Waals surface area contributed by atoms with Crippen LogP contribution in [0.15, 0.2) is 77.6 Å². The second-order valence-corrected chi connectivity index (χ2v) is 6.27. The lowest BCUT2D eigenvalue weighted by Crippen LogP contribution is -2.20. The zero-order chi connectivity index (χ0) is 19.3. The molecule has 0 bridgehead atoms. The maximum atomic E-state index is 12.3. The van der Waals surface area contributed by atoms with Crippen molar-refractivity contribution in [2.75, 3.05) is 5.32 Å². The summed E-state index contributed by atoms with van der Waals surface area (Å²) in [6, 6.07) is 23.1. The van der Waals surface area contributed by atoms with Gasteiger partial charge in [0.15, 0.2) is 5.65 Å². The Morgan fingerprint density at radius 3 is 2.36 bits per heavy atom. The Morgan fingerprint density at radius 2 is 1.64 bits per heavy atom. The molecule has 0 saturated heterocycles. The van der Waals surface area contributed by atoms with Crippen molar-refractivity contribution in [3.63, 3.8) is 0 Å². The second-order valence-electron chi connectivity index (χ2n) is 6.27. The molecule has 140 valence electrons. The lowest BCUT2D eigenvalue weighted by molar-refractivity contribution is 0.282. The van der Waals surface area contributed by atoms with E-state index in [1.54, 1.807) is 10.6 Å². The Hall–Kier alpha value is -3.67. The van der Waals surface area contributed by atoms with E-state index in [2.05, 4.69) is 15.3 Å². The van der Waals surface area contributed by atoms with Crippen molar-refractivity contribution in [3.8, 4) is 6.01 Å². The van der Waals surface area contributed by atoms with E-state index in [1.165, 1.54) is 6.07 Å². The van der Waals surface area contributed by atoms with Crippen LogP contribution in [0.1, 0.15) is 12.5 Å². The number of nitrogens with one attached hydrogen (secondary N) is 1. The number of nitrogens with zero attached hydrogens (tertiary/aromatic N) is 3. The van der Waals surface area contributed by atoms with Gasteiger partial charge in [-0.3, -0.25) is 9.36 Å². The molecule has 2 heterocycles. The molecular weight excluding hydrogens is 352 g/mol. The van der Waals surface area contributed by atoms with Gasteiger partial charge in [-0.1, -0.05) is 48.5 Å². The molecule has 0 atom stereocenters. The minimum Gasteiger partial charge on any atom is -0.458 e. The van der Waals surface area contributed by atoms with Crippen molar-refractivity contribution in [2.45, 2.75) is 20.1 Å². The summed E-state index contributed by atoms with van der Waals surface area (Å²) in [4.78, 5) is 21.3. The molecule has 0 spiro atoms. The predicted molar refractivity (Wildman–Crippen MR) is 110 cm³/mol. The normalized spacial score (nSPS) is 10.8. The van der Waals surface area contributed by atoms with Crippen LogP contribution in [-0.2, 0) is 13.2 Å². The number of hydrogen-bond donors (Lipinski definition) is 1. The molecule has 4 aromatic rings. The predicted octanol–water partition coefficient (Wildman–Crippen LogP) is 4.13. The fourth-order valence-electron chi connectivity index (χ4n) is 2.99. The van der Waals surface area contributed by atoms with Crippen molar-refractivity contribution < 1.29 is 4.74 Å². The average molecular weight is 372 g/mol. The van der Waals surface area contributed by atoms with Crippen molar-refractivity contribution in [2.24, 2.45) is 0 Å². The number of aromatic nitrogens is 3. The fourth-order valence-corrected chi connectivity index (χ4v) is 2.99. The van der Waals surface area contributed by atoms with Crippen LogP contribution in [0.25, 0.3) is 11.0 Å². The molecular formula is C22H20N4O2. The van der Waals surface area contributed by atoms with E-state index in [1.807, 2.05) is 67.6 Å². The summed E-state index contributed by atoms with van der Waals surface area (Å²) in [6.45, 7) is 2.77. The van der Waals surface area contributed by atoms with Crippen LogP contribution >= 0.6 is 0 Å². The van der Waals surface area contributed by atoms with Crippen LogP contribution in [0.3, 0.4) is 0 Å². The van der Waals surface area contributed by atoms with E-state index in [4.69, 9.17) is 4.74 Å². The van der Waals surface area contributed by atoms with E-state index in [9.17, 15) is 4.79 Å². The molecule has 0 radical (unpaired) electrons. The summed E-state index contributed by atoms with van der Waals surface area (Å²) in [5.74, 6) is 0.599. The molecule has 0 aliphatic carbocycles. The number of benzene rings is 2. The van der Waals surface area contributed by atoms with Gasteiger partial charge in [-0.25, -0.2) is 0 Å². The molecule has 0 fully saturated rings. The van der Waals surface area contributed by atoms with Crippen LogP contribution in [0, 0.1) is 0 Å². The van der Waals surface area contributed by atoms with E-state index < -0.39 is 0 Å². The van der Waals surface area contributed by atoms with Crippen LogP contribution in [0.4, 0.5) is 11.5 Å². The largest absolute Gasteiger partial charge is 0.458 e. The van der Waals surface area contributed by atoms with Gasteiger partial charge in [0.05, 0.1) is 5.39 Å². The highest BCUT2D eigenvalue weighted by Crippen LogP contribution is 2.25. The van der Waals surface area contributed by atoms with Gasteiger partial charge in [-0.2, -0.15) is 9.97 Å². The summed E-state index contributed by atoms with van der Waals surface area (Å²) in [5, 5.41) is 4.07. The van der Waals surface area contributed by atoms with Crippen LogP contribution < -0.4 is 15.6 Å². The maximum Gasteiger partial charge on any atom is 0.320 e.